The number of Topliss-reactive ketones (excluding diaryl/α,β-unsaturated/α-hetero) is 1. The van der Waals surface area contributed by atoms with Crippen LogP contribution >= 0.6 is 0 Å². The second kappa shape index (κ2) is 4.62. The zero-order chi connectivity index (χ0) is 12.3. The molecule has 0 spiro atoms. The highest BCUT2D eigenvalue weighted by atomic mass is 19.3. The Balaban J connectivity index is 3.61. The lowest BCUT2D eigenvalue weighted by atomic mass is 9.96. The number of hydrogen-bond donors (Lipinski definition) is 0. The number of benzene rings is 1. The summed E-state index contributed by atoms with van der Waals surface area (Å²) in [7, 11) is 0. The van der Waals surface area contributed by atoms with Crippen LogP contribution in [0.15, 0.2) is 12.1 Å². The van der Waals surface area contributed by atoms with Gasteiger partial charge in [-0.3, -0.25) is 9.59 Å². The molecule has 5 heteroatoms. The maximum absolute atomic E-state index is 12.6. The average Bonchev–Trinajstić information content (AvgIpc) is 2.26. The maximum atomic E-state index is 12.6. The normalized spacial score (nSPS) is 9.94. The van der Waals surface area contributed by atoms with Gasteiger partial charge in [0.05, 0.1) is 11.6 Å². The van der Waals surface area contributed by atoms with Crippen LogP contribution in [0.3, 0.4) is 0 Å². The van der Waals surface area contributed by atoms with Crippen LogP contribution in [0.5, 0.6) is 0 Å². The van der Waals surface area contributed by atoms with Crippen LogP contribution in [-0.2, 0) is 0 Å². The Morgan fingerprint density at radius 3 is 2.50 bits per heavy atom. The van der Waals surface area contributed by atoms with E-state index in [9.17, 15) is 18.4 Å². The third kappa shape index (κ3) is 2.11. The van der Waals surface area contributed by atoms with E-state index in [4.69, 9.17) is 5.26 Å². The highest BCUT2D eigenvalue weighted by molar-refractivity contribution is 5.99. The number of carbonyl (C=O) groups excluding carboxylic acids is 2. The van der Waals surface area contributed by atoms with Gasteiger partial charge in [-0.15, -0.1) is 0 Å². The van der Waals surface area contributed by atoms with Gasteiger partial charge in [0, 0.05) is 16.7 Å². The molecule has 0 amide bonds. The van der Waals surface area contributed by atoms with Crippen molar-refractivity contribution in [3.8, 4) is 6.07 Å². The Morgan fingerprint density at radius 2 is 2.12 bits per heavy atom. The summed E-state index contributed by atoms with van der Waals surface area (Å²) >= 11 is 0. The minimum atomic E-state index is -2.90. The highest BCUT2D eigenvalue weighted by Gasteiger charge is 2.20. The van der Waals surface area contributed by atoms with Crippen LogP contribution < -0.4 is 0 Å². The Hall–Kier alpha value is -2.09. The molecule has 0 saturated carbocycles. The number of aldehydes is 1. The largest absolute Gasteiger partial charge is 0.298 e. The molecule has 0 fully saturated rings. The summed E-state index contributed by atoms with van der Waals surface area (Å²) in [5, 5.41) is 8.73. The molecule has 0 unspecified atom stereocenters. The molecule has 1 aromatic carbocycles. The van der Waals surface area contributed by atoms with Crippen LogP contribution in [0, 0.1) is 11.3 Å². The fourth-order valence-electron chi connectivity index (χ4n) is 1.41. The van der Waals surface area contributed by atoms with Crippen LogP contribution in [0.2, 0.25) is 0 Å². The molecular weight excluding hydrogens is 216 g/mol. The van der Waals surface area contributed by atoms with E-state index in [1.165, 1.54) is 0 Å². The number of nitriles is 1. The van der Waals surface area contributed by atoms with E-state index in [2.05, 4.69) is 0 Å². The van der Waals surface area contributed by atoms with Gasteiger partial charge < -0.3 is 0 Å². The maximum Gasteiger partial charge on any atom is 0.264 e. The van der Waals surface area contributed by atoms with Gasteiger partial charge in [0.2, 0.25) is 0 Å². The van der Waals surface area contributed by atoms with Crippen molar-refractivity contribution in [2.75, 3.05) is 0 Å². The Morgan fingerprint density at radius 1 is 1.50 bits per heavy atom. The van der Waals surface area contributed by atoms with Crippen molar-refractivity contribution in [2.24, 2.45) is 0 Å². The summed E-state index contributed by atoms with van der Waals surface area (Å²) in [4.78, 5) is 21.7. The molecule has 3 nitrogen and oxygen atoms in total. The molecule has 0 aromatic heterocycles. The molecule has 0 aliphatic carbocycles. The number of rotatable bonds is 3. The van der Waals surface area contributed by atoms with Crippen molar-refractivity contribution in [1.82, 2.24) is 0 Å². The van der Waals surface area contributed by atoms with Crippen molar-refractivity contribution < 1.29 is 18.4 Å². The predicted octanol–water partition coefficient (Wildman–Crippen LogP) is 2.51. The zero-order valence-corrected chi connectivity index (χ0v) is 8.33. The molecule has 0 aliphatic heterocycles. The van der Waals surface area contributed by atoms with Gasteiger partial charge in [-0.1, -0.05) is 0 Å². The second-order valence-electron chi connectivity index (χ2n) is 3.12. The molecule has 0 N–H and O–H groups in total. The average molecular weight is 223 g/mol. The Kier molecular flexibility index (Phi) is 3.46. The molecule has 0 aliphatic rings. The van der Waals surface area contributed by atoms with E-state index in [1.807, 2.05) is 0 Å². The van der Waals surface area contributed by atoms with Gasteiger partial charge in [0.15, 0.2) is 5.78 Å². The molecule has 0 saturated heterocycles. The molecular formula is C11H7F2NO2. The van der Waals surface area contributed by atoms with Gasteiger partial charge in [0.25, 0.3) is 6.43 Å². The number of carbonyl (C=O) groups is 2. The number of ketones is 1. The van der Waals surface area contributed by atoms with Gasteiger partial charge in [-0.25, -0.2) is 8.78 Å². The van der Waals surface area contributed by atoms with Gasteiger partial charge in [0.1, 0.15) is 6.29 Å². The highest BCUT2D eigenvalue weighted by Crippen LogP contribution is 2.27. The minimum Gasteiger partial charge on any atom is -0.298 e. The monoisotopic (exact) mass is 223 g/mol. The molecule has 82 valence electrons. The molecule has 16 heavy (non-hydrogen) atoms. The van der Waals surface area contributed by atoms with E-state index in [0.717, 1.165) is 19.1 Å². The first-order valence-corrected chi connectivity index (χ1v) is 4.33. The van der Waals surface area contributed by atoms with E-state index < -0.39 is 17.8 Å². The SMILES string of the molecule is CC(=O)c1c(C#N)cc(C=O)cc1C(F)F. The predicted molar refractivity (Wildman–Crippen MR) is 51.5 cm³/mol. The van der Waals surface area contributed by atoms with Crippen molar-refractivity contribution in [3.63, 3.8) is 0 Å². The second-order valence-corrected chi connectivity index (χ2v) is 3.12. The zero-order valence-electron chi connectivity index (χ0n) is 8.33. The molecule has 0 radical (unpaired) electrons. The van der Waals surface area contributed by atoms with E-state index in [-0.39, 0.29) is 16.7 Å². The van der Waals surface area contributed by atoms with E-state index in [1.54, 1.807) is 6.07 Å². The number of alkyl halides is 2. The molecule has 0 atom stereocenters. The lowest BCUT2D eigenvalue weighted by molar-refractivity contribution is 0.0997. The number of nitrogens with zero attached hydrogens (tertiary/aromatic N) is 1. The first-order chi connectivity index (χ1) is 7.51. The van der Waals surface area contributed by atoms with Crippen molar-refractivity contribution in [1.29, 1.82) is 5.26 Å². The van der Waals surface area contributed by atoms with Gasteiger partial charge >= 0.3 is 0 Å². The summed E-state index contributed by atoms with van der Waals surface area (Å²) in [5.74, 6) is -0.621. The van der Waals surface area contributed by atoms with Crippen LogP contribution in [0.25, 0.3) is 0 Å². The first kappa shape index (κ1) is 12.0. The number of halogens is 2. The molecule has 0 heterocycles. The lowest BCUT2D eigenvalue weighted by Crippen LogP contribution is -2.05. The fraction of sp³-hybridized carbons (Fsp3) is 0.182. The standard InChI is InChI=1S/C11H7F2NO2/c1-6(16)10-8(4-14)2-7(5-15)3-9(10)11(12)13/h2-3,5,11H,1H3. The van der Waals surface area contributed by atoms with E-state index >= 15 is 0 Å². The summed E-state index contributed by atoms with van der Waals surface area (Å²) in [6.07, 6.45) is -2.54. The third-order valence-corrected chi connectivity index (χ3v) is 2.03. The molecule has 1 aromatic rings. The van der Waals surface area contributed by atoms with Crippen LogP contribution in [0.1, 0.15) is 45.2 Å². The lowest BCUT2D eigenvalue weighted by Gasteiger charge is -2.08. The summed E-state index contributed by atoms with van der Waals surface area (Å²) in [6.45, 7) is 1.10. The molecule has 0 bridgehead atoms. The van der Waals surface area contributed by atoms with Crippen molar-refractivity contribution in [3.05, 3.63) is 34.4 Å². The van der Waals surface area contributed by atoms with Crippen LogP contribution in [-0.4, -0.2) is 12.1 Å². The Labute approximate surface area is 90.3 Å². The minimum absolute atomic E-state index is 0.0446. The van der Waals surface area contributed by atoms with E-state index in [0.29, 0.717) is 6.29 Å². The van der Waals surface area contributed by atoms with Crippen molar-refractivity contribution >= 4 is 12.1 Å². The van der Waals surface area contributed by atoms with Crippen LogP contribution in [0.4, 0.5) is 8.78 Å². The van der Waals surface area contributed by atoms with Gasteiger partial charge in [-0.2, -0.15) is 5.26 Å². The third-order valence-electron chi connectivity index (χ3n) is 2.03. The fourth-order valence-corrected chi connectivity index (χ4v) is 1.41. The summed E-state index contributed by atoms with van der Waals surface area (Å²) < 4.78 is 25.3. The quantitative estimate of drug-likeness (QED) is 0.584. The topological polar surface area (TPSA) is 57.9 Å². The van der Waals surface area contributed by atoms with Crippen molar-refractivity contribution in [2.45, 2.75) is 13.3 Å². The Bertz CT molecular complexity index is 489. The smallest absolute Gasteiger partial charge is 0.264 e. The molecule has 1 rings (SSSR count). The summed E-state index contributed by atoms with van der Waals surface area (Å²) in [6, 6.07) is 3.68. The number of hydrogen-bond acceptors (Lipinski definition) is 3. The van der Waals surface area contributed by atoms with Gasteiger partial charge in [-0.05, 0) is 19.1 Å². The summed E-state index contributed by atoms with van der Waals surface area (Å²) in [5.41, 5.74) is -1.14. The first-order valence-electron chi connectivity index (χ1n) is 4.33.